The molecule has 2 aliphatic heterocycles. The number of benzene rings is 2. The molecule has 2 unspecified atom stereocenters. The van der Waals surface area contributed by atoms with Gasteiger partial charge >= 0.3 is 0 Å². The number of nitrogens with one attached hydrogen (secondary N) is 2. The molecule has 3 heterocycles. The molecule has 3 amide bonds. The predicted octanol–water partition coefficient (Wildman–Crippen LogP) is 2.32. The molecule has 34 heavy (non-hydrogen) atoms. The van der Waals surface area contributed by atoms with Crippen LogP contribution in [0, 0.1) is 0 Å². The molecule has 0 radical (unpaired) electrons. The van der Waals surface area contributed by atoms with Crippen molar-refractivity contribution < 1.29 is 19.5 Å². The van der Waals surface area contributed by atoms with E-state index in [2.05, 4.69) is 10.6 Å². The molecule has 0 bridgehead atoms. The van der Waals surface area contributed by atoms with Crippen molar-refractivity contribution in [2.45, 2.75) is 38.6 Å². The van der Waals surface area contributed by atoms with E-state index in [9.17, 15) is 19.5 Å². The Bertz CT molecular complexity index is 1300. The van der Waals surface area contributed by atoms with Crippen molar-refractivity contribution in [1.82, 2.24) is 19.8 Å². The Morgan fingerprint density at radius 3 is 2.59 bits per heavy atom. The van der Waals surface area contributed by atoms with Crippen LogP contribution in [0.15, 0.2) is 48.7 Å². The first-order valence-corrected chi connectivity index (χ1v) is 11.1. The van der Waals surface area contributed by atoms with Crippen LogP contribution in [0.5, 0.6) is 0 Å². The summed E-state index contributed by atoms with van der Waals surface area (Å²) in [4.78, 5) is 41.6. The summed E-state index contributed by atoms with van der Waals surface area (Å²) in [6.07, 6.45) is 1.72. The van der Waals surface area contributed by atoms with E-state index < -0.39 is 12.3 Å². The maximum absolute atomic E-state index is 12.3. The molecule has 1 saturated heterocycles. The summed E-state index contributed by atoms with van der Waals surface area (Å²) in [5.74, 6) is 0.0349. The van der Waals surface area contributed by atoms with Crippen molar-refractivity contribution >= 4 is 23.4 Å². The van der Waals surface area contributed by atoms with Gasteiger partial charge in [0.05, 0.1) is 11.7 Å². The van der Waals surface area contributed by atoms with Crippen molar-refractivity contribution in [2.75, 3.05) is 5.32 Å². The highest BCUT2D eigenvalue weighted by Gasteiger charge is 2.39. The van der Waals surface area contributed by atoms with Crippen LogP contribution in [-0.2, 0) is 28.0 Å². The third-order valence-corrected chi connectivity index (χ3v) is 6.33. The lowest BCUT2D eigenvalue weighted by Gasteiger charge is -2.31. The minimum atomic E-state index is -0.894. The summed E-state index contributed by atoms with van der Waals surface area (Å²) in [5.41, 5.74) is 5.04. The van der Waals surface area contributed by atoms with Gasteiger partial charge in [0.25, 0.3) is 0 Å². The van der Waals surface area contributed by atoms with Crippen molar-refractivity contribution in [2.24, 2.45) is 7.05 Å². The fourth-order valence-corrected chi connectivity index (χ4v) is 4.67. The van der Waals surface area contributed by atoms with Crippen molar-refractivity contribution in [3.63, 3.8) is 0 Å². The van der Waals surface area contributed by atoms with Crippen LogP contribution in [0.4, 0.5) is 5.69 Å². The van der Waals surface area contributed by atoms with Crippen LogP contribution in [-0.4, -0.2) is 43.3 Å². The highest BCUT2D eigenvalue weighted by Crippen LogP contribution is 2.37. The zero-order valence-corrected chi connectivity index (χ0v) is 18.9. The lowest BCUT2D eigenvalue weighted by molar-refractivity contribution is -0.141. The third kappa shape index (κ3) is 4.00. The molecule has 2 atom stereocenters. The van der Waals surface area contributed by atoms with Crippen LogP contribution < -0.4 is 10.6 Å². The maximum Gasteiger partial charge on any atom is 0.244 e. The molecule has 0 saturated carbocycles. The number of aliphatic hydroxyl groups is 1. The second-order valence-corrected chi connectivity index (χ2v) is 8.75. The summed E-state index contributed by atoms with van der Waals surface area (Å²) in [7, 11) is 1.93. The standard InChI is InChI=1S/C25H25N5O4/c1-14(31)26-18-6-3-15(4-7-18)23-27-20(13-29(23)2)16-5-8-19-17(11-16)12-30(25(19)34)21-9-10-22(32)28-24(21)33/h3-8,11,13,21,25,34H,9-10,12H2,1-2H3,(H,26,31)(H,28,32,33). The zero-order chi connectivity index (χ0) is 24.0. The van der Waals surface area contributed by atoms with E-state index in [1.54, 1.807) is 4.90 Å². The van der Waals surface area contributed by atoms with Gasteiger partial charge in [-0.05, 0) is 47.9 Å². The Labute approximate surface area is 196 Å². The van der Waals surface area contributed by atoms with Gasteiger partial charge in [-0.15, -0.1) is 0 Å². The molecule has 2 aliphatic rings. The van der Waals surface area contributed by atoms with E-state index >= 15 is 0 Å². The van der Waals surface area contributed by atoms with Gasteiger partial charge in [-0.1, -0.05) is 12.1 Å². The largest absolute Gasteiger partial charge is 0.374 e. The van der Waals surface area contributed by atoms with E-state index in [0.717, 1.165) is 39.5 Å². The zero-order valence-electron chi connectivity index (χ0n) is 18.9. The lowest BCUT2D eigenvalue weighted by Crippen LogP contribution is -2.51. The van der Waals surface area contributed by atoms with Gasteiger partial charge in [-0.2, -0.15) is 0 Å². The molecule has 5 rings (SSSR count). The highest BCUT2D eigenvalue weighted by atomic mass is 16.3. The normalized spacial score (nSPS) is 20.2. The number of amides is 3. The van der Waals surface area contributed by atoms with Gasteiger partial charge in [0.2, 0.25) is 17.7 Å². The highest BCUT2D eigenvalue weighted by molar-refractivity contribution is 6.00. The van der Waals surface area contributed by atoms with Gasteiger partial charge in [0, 0.05) is 49.9 Å². The molecule has 0 spiro atoms. The van der Waals surface area contributed by atoms with Crippen molar-refractivity contribution in [3.05, 3.63) is 59.8 Å². The van der Waals surface area contributed by atoms with E-state index in [-0.39, 0.29) is 24.1 Å². The Morgan fingerprint density at radius 2 is 1.88 bits per heavy atom. The third-order valence-electron chi connectivity index (χ3n) is 6.33. The number of aromatic nitrogens is 2. The minimum absolute atomic E-state index is 0.120. The second-order valence-electron chi connectivity index (χ2n) is 8.75. The monoisotopic (exact) mass is 459 g/mol. The van der Waals surface area contributed by atoms with Crippen LogP contribution in [0.3, 0.4) is 0 Å². The average molecular weight is 460 g/mol. The number of anilines is 1. The minimum Gasteiger partial charge on any atom is -0.374 e. The molecule has 9 heteroatoms. The molecule has 174 valence electrons. The Balaban J connectivity index is 1.38. The SMILES string of the molecule is CC(=O)Nc1ccc(-c2nc(-c3ccc4c(c3)CN(C3CCC(=O)NC3=O)C4O)cn2C)cc1. The fourth-order valence-electron chi connectivity index (χ4n) is 4.67. The first-order chi connectivity index (χ1) is 16.3. The van der Waals surface area contributed by atoms with Gasteiger partial charge in [0.15, 0.2) is 0 Å². The summed E-state index contributed by atoms with van der Waals surface area (Å²) >= 11 is 0. The molecular formula is C25H25N5O4. The topological polar surface area (TPSA) is 117 Å². The number of carbonyl (C=O) groups excluding carboxylic acids is 3. The van der Waals surface area contributed by atoms with E-state index in [4.69, 9.17) is 4.98 Å². The number of imidazole rings is 1. The number of carbonyl (C=O) groups is 3. The molecule has 1 aromatic heterocycles. The van der Waals surface area contributed by atoms with E-state index in [1.807, 2.05) is 60.3 Å². The van der Waals surface area contributed by atoms with E-state index in [1.165, 1.54) is 6.92 Å². The smallest absolute Gasteiger partial charge is 0.244 e. The number of piperidine rings is 1. The van der Waals surface area contributed by atoms with Crippen LogP contribution in [0.1, 0.15) is 37.1 Å². The summed E-state index contributed by atoms with van der Waals surface area (Å²) < 4.78 is 1.94. The number of hydrogen-bond acceptors (Lipinski definition) is 6. The summed E-state index contributed by atoms with van der Waals surface area (Å²) in [6.45, 7) is 1.89. The first-order valence-electron chi connectivity index (χ1n) is 11.1. The number of hydrogen-bond donors (Lipinski definition) is 3. The average Bonchev–Trinajstić information content (AvgIpc) is 3.34. The molecule has 9 nitrogen and oxygen atoms in total. The van der Waals surface area contributed by atoms with Crippen LogP contribution in [0.25, 0.3) is 22.6 Å². The molecule has 3 N–H and O–H groups in total. The summed E-state index contributed by atoms with van der Waals surface area (Å²) in [5, 5.41) is 15.9. The number of nitrogens with zero attached hydrogens (tertiary/aromatic N) is 3. The lowest BCUT2D eigenvalue weighted by atomic mass is 10.0. The predicted molar refractivity (Wildman–Crippen MR) is 125 cm³/mol. The first kappa shape index (κ1) is 22.0. The molecule has 3 aromatic rings. The van der Waals surface area contributed by atoms with E-state index in [0.29, 0.717) is 13.0 Å². The number of imide groups is 1. The second kappa shape index (κ2) is 8.51. The number of aryl methyl sites for hydroxylation is 1. The Kier molecular flexibility index (Phi) is 5.51. The summed E-state index contributed by atoms with van der Waals surface area (Å²) in [6, 6.07) is 12.8. The fraction of sp³-hybridized carbons (Fsp3) is 0.280. The number of rotatable bonds is 4. The molecule has 1 fully saturated rings. The van der Waals surface area contributed by atoms with Gasteiger partial charge < -0.3 is 15.0 Å². The Morgan fingerprint density at radius 1 is 1.15 bits per heavy atom. The van der Waals surface area contributed by atoms with Gasteiger partial charge in [-0.3, -0.25) is 24.6 Å². The van der Waals surface area contributed by atoms with Crippen LogP contribution >= 0.6 is 0 Å². The van der Waals surface area contributed by atoms with Crippen molar-refractivity contribution in [1.29, 1.82) is 0 Å². The van der Waals surface area contributed by atoms with Gasteiger partial charge in [0.1, 0.15) is 12.1 Å². The number of aliphatic hydroxyl groups excluding tert-OH is 1. The number of fused-ring (bicyclic) bond motifs is 1. The Hall–Kier alpha value is -3.82. The molecule has 2 aromatic carbocycles. The quantitative estimate of drug-likeness (QED) is 0.516. The molecule has 0 aliphatic carbocycles. The van der Waals surface area contributed by atoms with Gasteiger partial charge in [-0.25, -0.2) is 4.98 Å². The maximum atomic E-state index is 12.3. The molecular weight excluding hydrogens is 434 g/mol. The van der Waals surface area contributed by atoms with Crippen LogP contribution in [0.2, 0.25) is 0 Å². The van der Waals surface area contributed by atoms with Crippen molar-refractivity contribution in [3.8, 4) is 22.6 Å².